The molecular weight excluding hydrogens is 449 g/mol. The van der Waals surface area contributed by atoms with E-state index in [-0.39, 0.29) is 29.4 Å². The number of fused-ring (bicyclic) bond motifs is 1. The van der Waals surface area contributed by atoms with Crippen LogP contribution in [0.2, 0.25) is 10.0 Å². The van der Waals surface area contributed by atoms with Gasteiger partial charge < -0.3 is 14.6 Å². The third kappa shape index (κ3) is 4.08. The van der Waals surface area contributed by atoms with Crippen molar-refractivity contribution < 1.29 is 14.3 Å². The van der Waals surface area contributed by atoms with E-state index in [1.165, 1.54) is 17.8 Å². The fourth-order valence-corrected chi connectivity index (χ4v) is 4.83. The number of amides is 1. The van der Waals surface area contributed by atoms with Crippen LogP contribution in [0.4, 0.5) is 0 Å². The molecule has 0 saturated carbocycles. The molecule has 2 aliphatic rings. The number of Topliss-reactive ketones (excluding diaryl/α,β-unsaturated/α-hetero) is 1. The van der Waals surface area contributed by atoms with E-state index in [2.05, 4.69) is 9.97 Å². The number of ketones is 1. The summed E-state index contributed by atoms with van der Waals surface area (Å²) in [6.07, 6.45) is 3.05. The molecule has 0 aliphatic carbocycles. The molecule has 3 heterocycles. The van der Waals surface area contributed by atoms with Crippen molar-refractivity contribution in [1.82, 2.24) is 14.9 Å². The van der Waals surface area contributed by atoms with Gasteiger partial charge in [0.15, 0.2) is 5.78 Å². The summed E-state index contributed by atoms with van der Waals surface area (Å²) in [5, 5.41) is 0.690. The van der Waals surface area contributed by atoms with Gasteiger partial charge in [-0.15, -0.1) is 0 Å². The van der Waals surface area contributed by atoms with E-state index in [9.17, 15) is 14.4 Å². The lowest BCUT2D eigenvalue weighted by atomic mass is 9.82. The molecule has 4 rings (SSSR count). The lowest BCUT2D eigenvalue weighted by Crippen LogP contribution is -2.52. The molecule has 1 aromatic carbocycles. The van der Waals surface area contributed by atoms with Gasteiger partial charge in [0.05, 0.1) is 22.8 Å². The molecule has 1 N–H and O–H groups in total. The van der Waals surface area contributed by atoms with Gasteiger partial charge >= 0.3 is 0 Å². The van der Waals surface area contributed by atoms with Crippen molar-refractivity contribution >= 4 is 46.7 Å². The SMILES string of the molecule is CSCc1nc(C(=O)N2CCC3(CC2)CC(=O)c2cc(Cl)cc(Cl)c2O3)cc(=O)[nH]1. The molecule has 1 fully saturated rings. The van der Waals surface area contributed by atoms with Crippen LogP contribution in [-0.2, 0) is 5.75 Å². The molecule has 2 aliphatic heterocycles. The summed E-state index contributed by atoms with van der Waals surface area (Å²) in [7, 11) is 0. The molecule has 0 unspecified atom stereocenters. The summed E-state index contributed by atoms with van der Waals surface area (Å²) >= 11 is 13.8. The van der Waals surface area contributed by atoms with E-state index >= 15 is 0 Å². The second kappa shape index (κ2) is 8.24. The van der Waals surface area contributed by atoms with E-state index in [4.69, 9.17) is 27.9 Å². The highest BCUT2D eigenvalue weighted by Gasteiger charge is 2.44. The van der Waals surface area contributed by atoms with Crippen LogP contribution in [0.1, 0.15) is 45.9 Å². The first kappa shape index (κ1) is 21.2. The molecule has 0 radical (unpaired) electrons. The maximum Gasteiger partial charge on any atom is 0.272 e. The molecule has 1 saturated heterocycles. The summed E-state index contributed by atoms with van der Waals surface area (Å²) < 4.78 is 6.20. The highest BCUT2D eigenvalue weighted by Crippen LogP contribution is 2.44. The van der Waals surface area contributed by atoms with E-state index in [0.29, 0.717) is 58.9 Å². The molecule has 7 nitrogen and oxygen atoms in total. The number of nitrogens with one attached hydrogen (secondary N) is 1. The van der Waals surface area contributed by atoms with Gasteiger partial charge in [-0.05, 0) is 18.4 Å². The number of nitrogens with zero attached hydrogens (tertiary/aromatic N) is 2. The molecule has 0 atom stereocenters. The Hall–Kier alpha value is -2.03. The van der Waals surface area contributed by atoms with Gasteiger partial charge in [-0.3, -0.25) is 14.4 Å². The minimum Gasteiger partial charge on any atom is -0.484 e. The zero-order chi connectivity index (χ0) is 21.5. The van der Waals surface area contributed by atoms with Crippen molar-refractivity contribution in [3.63, 3.8) is 0 Å². The minimum absolute atomic E-state index is 0.0709. The van der Waals surface area contributed by atoms with Gasteiger partial charge in [-0.25, -0.2) is 4.98 Å². The van der Waals surface area contributed by atoms with Crippen molar-refractivity contribution in [2.75, 3.05) is 19.3 Å². The standard InChI is InChI=1S/C20H19Cl2N3O4S/c1-30-10-16-23-14(8-17(27)24-16)19(28)25-4-2-20(3-5-25)9-15(26)12-6-11(21)7-13(22)18(12)29-20/h6-8H,2-5,9-10H2,1H3,(H,23,24,27). The van der Waals surface area contributed by atoms with E-state index in [1.807, 2.05) is 6.26 Å². The van der Waals surface area contributed by atoms with Crippen LogP contribution in [0.25, 0.3) is 0 Å². The zero-order valence-electron chi connectivity index (χ0n) is 16.2. The summed E-state index contributed by atoms with van der Waals surface area (Å²) in [6.45, 7) is 0.776. The monoisotopic (exact) mass is 467 g/mol. The van der Waals surface area contributed by atoms with E-state index < -0.39 is 5.60 Å². The highest BCUT2D eigenvalue weighted by atomic mass is 35.5. The molecule has 1 spiro atoms. The summed E-state index contributed by atoms with van der Waals surface area (Å²) in [5.41, 5.74) is -0.533. The molecule has 10 heteroatoms. The fraction of sp³-hybridized carbons (Fsp3) is 0.400. The molecule has 1 aromatic heterocycles. The predicted octanol–water partition coefficient (Wildman–Crippen LogP) is 3.58. The number of ether oxygens (including phenoxy) is 1. The number of aromatic nitrogens is 2. The van der Waals surface area contributed by atoms with Gasteiger partial charge in [-0.2, -0.15) is 11.8 Å². The fourth-order valence-electron chi connectivity index (χ4n) is 3.89. The Bertz CT molecular complexity index is 1080. The number of aromatic amines is 1. The summed E-state index contributed by atoms with van der Waals surface area (Å²) in [4.78, 5) is 46.0. The normalized spacial score (nSPS) is 17.6. The molecule has 30 heavy (non-hydrogen) atoms. The van der Waals surface area contributed by atoms with Crippen molar-refractivity contribution in [3.8, 4) is 5.75 Å². The topological polar surface area (TPSA) is 92.4 Å². The van der Waals surface area contributed by atoms with Crippen molar-refractivity contribution in [3.05, 3.63) is 55.7 Å². The van der Waals surface area contributed by atoms with Crippen LogP contribution in [0, 0.1) is 0 Å². The Morgan fingerprint density at radius 3 is 2.70 bits per heavy atom. The van der Waals surface area contributed by atoms with Gasteiger partial charge in [0.25, 0.3) is 11.5 Å². The Morgan fingerprint density at radius 2 is 2.00 bits per heavy atom. The first-order chi connectivity index (χ1) is 14.3. The number of rotatable bonds is 3. The van der Waals surface area contributed by atoms with Crippen molar-refractivity contribution in [1.29, 1.82) is 0 Å². The number of carbonyl (C=O) groups excluding carboxylic acids is 2. The lowest BCUT2D eigenvalue weighted by molar-refractivity contribution is -0.00580. The molecule has 0 bridgehead atoms. The number of thioether (sulfide) groups is 1. The molecule has 158 valence electrons. The van der Waals surface area contributed by atoms with E-state index in [1.54, 1.807) is 17.0 Å². The van der Waals surface area contributed by atoms with Crippen molar-refractivity contribution in [2.24, 2.45) is 0 Å². The number of piperidine rings is 1. The summed E-state index contributed by atoms with van der Waals surface area (Å²) in [6, 6.07) is 4.34. The van der Waals surface area contributed by atoms with Crippen LogP contribution in [0.15, 0.2) is 23.0 Å². The smallest absolute Gasteiger partial charge is 0.272 e. The Kier molecular flexibility index (Phi) is 5.83. The van der Waals surface area contributed by atoms with Crippen LogP contribution in [0.3, 0.4) is 0 Å². The van der Waals surface area contributed by atoms with Gasteiger partial charge in [0.2, 0.25) is 0 Å². The van der Waals surface area contributed by atoms with Gasteiger partial charge in [0, 0.05) is 37.0 Å². The number of H-pyrrole nitrogens is 1. The average molecular weight is 468 g/mol. The number of hydrogen-bond donors (Lipinski definition) is 1. The number of halogens is 2. The summed E-state index contributed by atoms with van der Waals surface area (Å²) in [5.74, 6) is 0.969. The van der Waals surface area contributed by atoms with Crippen LogP contribution < -0.4 is 10.3 Å². The maximum absolute atomic E-state index is 12.9. The van der Waals surface area contributed by atoms with Crippen LogP contribution >= 0.6 is 35.0 Å². The highest BCUT2D eigenvalue weighted by molar-refractivity contribution is 7.97. The average Bonchev–Trinajstić information content (AvgIpc) is 2.69. The van der Waals surface area contributed by atoms with Crippen LogP contribution in [-0.4, -0.2) is 51.5 Å². The van der Waals surface area contributed by atoms with Crippen molar-refractivity contribution in [2.45, 2.75) is 30.6 Å². The third-order valence-corrected chi connectivity index (χ3v) is 6.42. The number of carbonyl (C=O) groups is 2. The quantitative estimate of drug-likeness (QED) is 0.741. The molecular formula is C20H19Cl2N3O4S. The number of likely N-dealkylation sites (tertiary alicyclic amines) is 1. The lowest BCUT2D eigenvalue weighted by Gasteiger charge is -2.44. The number of hydrogen-bond acceptors (Lipinski definition) is 6. The first-order valence-electron chi connectivity index (χ1n) is 9.40. The largest absolute Gasteiger partial charge is 0.484 e. The maximum atomic E-state index is 12.9. The van der Waals surface area contributed by atoms with Crippen LogP contribution in [0.5, 0.6) is 5.75 Å². The zero-order valence-corrected chi connectivity index (χ0v) is 18.5. The molecule has 2 aromatic rings. The second-order valence-corrected chi connectivity index (χ2v) is 9.16. The Balaban J connectivity index is 1.51. The Morgan fingerprint density at radius 1 is 1.27 bits per heavy atom. The minimum atomic E-state index is -0.704. The first-order valence-corrected chi connectivity index (χ1v) is 11.5. The Labute approximate surface area is 187 Å². The predicted molar refractivity (Wildman–Crippen MR) is 116 cm³/mol. The van der Waals surface area contributed by atoms with Gasteiger partial charge in [0.1, 0.15) is 22.9 Å². The van der Waals surface area contributed by atoms with E-state index in [0.717, 1.165) is 0 Å². The molecule has 1 amide bonds. The second-order valence-electron chi connectivity index (χ2n) is 7.45. The number of benzene rings is 1. The van der Waals surface area contributed by atoms with Gasteiger partial charge in [-0.1, -0.05) is 23.2 Å². The third-order valence-electron chi connectivity index (χ3n) is 5.36.